The van der Waals surface area contributed by atoms with Crippen molar-refractivity contribution in [1.82, 2.24) is 4.57 Å². The van der Waals surface area contributed by atoms with Crippen molar-refractivity contribution >= 4 is 33.2 Å². The lowest BCUT2D eigenvalue weighted by Crippen LogP contribution is -2.29. The molecule has 2 atom stereocenters. The van der Waals surface area contributed by atoms with E-state index >= 15 is 0 Å². The molecule has 0 fully saturated rings. The fraction of sp³-hybridized carbons (Fsp3) is 0.0526. The third-order valence-corrected chi connectivity index (χ3v) is 8.58. The highest BCUT2D eigenvalue weighted by atomic mass is 15.2. The molecule has 0 N–H and O–H groups in total. The topological polar surface area (TPSA) is 55.8 Å². The summed E-state index contributed by atoms with van der Waals surface area (Å²) >= 11 is 0. The zero-order valence-corrected chi connectivity index (χ0v) is 22.6. The molecule has 1 aromatic heterocycles. The van der Waals surface area contributed by atoms with Gasteiger partial charge in [-0.1, -0.05) is 91.0 Å². The first-order valence-electron chi connectivity index (χ1n) is 14.1. The van der Waals surface area contributed by atoms with Crippen LogP contribution < -0.4 is 4.90 Å². The average molecular weight is 537 g/mol. The number of hydrogen-bond donors (Lipinski definition) is 0. The van der Waals surface area contributed by atoms with Crippen LogP contribution in [0.2, 0.25) is 0 Å². The first-order chi connectivity index (χ1) is 20.8. The zero-order chi connectivity index (χ0) is 28.2. The highest BCUT2D eigenvalue weighted by Gasteiger charge is 2.40. The van der Waals surface area contributed by atoms with Crippen molar-refractivity contribution in [3.05, 3.63) is 150 Å². The number of anilines is 2. The Labute approximate surface area is 243 Å². The summed E-state index contributed by atoms with van der Waals surface area (Å²) in [5, 5.41) is 22.0. The summed E-state index contributed by atoms with van der Waals surface area (Å²) in [5.41, 5.74) is 10.0. The van der Waals surface area contributed by atoms with E-state index in [0.717, 1.165) is 50.0 Å². The van der Waals surface area contributed by atoms with Crippen LogP contribution >= 0.6 is 0 Å². The number of hydrogen-bond acceptors (Lipinski definition) is 3. The number of benzene rings is 5. The number of nitrogens with zero attached hydrogens (tertiary/aromatic N) is 4. The quantitative estimate of drug-likeness (QED) is 0.227. The van der Waals surface area contributed by atoms with Crippen molar-refractivity contribution in [3.63, 3.8) is 0 Å². The first kappa shape index (κ1) is 24.0. The van der Waals surface area contributed by atoms with Crippen LogP contribution in [0.5, 0.6) is 0 Å². The van der Waals surface area contributed by atoms with Crippen LogP contribution in [0.1, 0.15) is 22.6 Å². The number of nitriles is 2. The largest absolute Gasteiger partial charge is 0.332 e. The van der Waals surface area contributed by atoms with Gasteiger partial charge in [-0.05, 0) is 48.0 Å². The fourth-order valence-corrected chi connectivity index (χ4v) is 6.86. The predicted molar refractivity (Wildman–Crippen MR) is 169 cm³/mol. The van der Waals surface area contributed by atoms with E-state index < -0.39 is 0 Å². The van der Waals surface area contributed by atoms with Gasteiger partial charge in [-0.15, -0.1) is 0 Å². The van der Waals surface area contributed by atoms with Crippen molar-refractivity contribution in [3.8, 4) is 29.0 Å². The SMILES string of the molecule is N#Cc1ccc2c(c1)c1cccc(-c3cccc4c3N(c3ccccc3C#N)C3C=CC=CC43)c1n2-c1ccccc1. The van der Waals surface area contributed by atoms with Gasteiger partial charge in [0.25, 0.3) is 0 Å². The monoisotopic (exact) mass is 536 g/mol. The minimum atomic E-state index is 0.0676. The van der Waals surface area contributed by atoms with E-state index in [1.165, 1.54) is 5.56 Å². The van der Waals surface area contributed by atoms with E-state index in [9.17, 15) is 10.5 Å². The van der Waals surface area contributed by atoms with Gasteiger partial charge >= 0.3 is 0 Å². The summed E-state index contributed by atoms with van der Waals surface area (Å²) in [4.78, 5) is 2.36. The molecule has 0 saturated heterocycles. The van der Waals surface area contributed by atoms with Crippen LogP contribution in [0, 0.1) is 22.7 Å². The van der Waals surface area contributed by atoms with Gasteiger partial charge in [0.2, 0.25) is 0 Å². The summed E-state index contributed by atoms with van der Waals surface area (Å²) in [6.07, 6.45) is 8.74. The molecule has 0 saturated carbocycles. The molecule has 4 heteroatoms. The molecule has 5 aromatic carbocycles. The average Bonchev–Trinajstić information content (AvgIpc) is 3.58. The minimum Gasteiger partial charge on any atom is -0.332 e. The van der Waals surface area contributed by atoms with E-state index in [4.69, 9.17) is 0 Å². The molecule has 0 bridgehead atoms. The zero-order valence-electron chi connectivity index (χ0n) is 22.6. The van der Waals surface area contributed by atoms with Crippen LogP contribution in [-0.2, 0) is 0 Å². The number of rotatable bonds is 3. The molecule has 1 aliphatic heterocycles. The van der Waals surface area contributed by atoms with Crippen LogP contribution in [0.4, 0.5) is 11.4 Å². The summed E-state index contributed by atoms with van der Waals surface area (Å²) in [5.74, 6) is 0.175. The third-order valence-electron chi connectivity index (χ3n) is 8.58. The van der Waals surface area contributed by atoms with Crippen LogP contribution in [0.3, 0.4) is 0 Å². The third kappa shape index (κ3) is 3.40. The minimum absolute atomic E-state index is 0.0676. The lowest BCUT2D eigenvalue weighted by atomic mass is 9.90. The molecule has 1 aliphatic carbocycles. The Hall–Kier alpha value is -5.84. The summed E-state index contributed by atoms with van der Waals surface area (Å²) in [6, 6.07) is 42.1. The number of para-hydroxylation sites is 4. The maximum absolute atomic E-state index is 10.1. The molecule has 196 valence electrons. The summed E-state index contributed by atoms with van der Waals surface area (Å²) < 4.78 is 2.32. The molecule has 0 radical (unpaired) electrons. The van der Waals surface area contributed by atoms with Gasteiger partial charge in [0.05, 0.1) is 45.6 Å². The Morgan fingerprint density at radius 1 is 0.643 bits per heavy atom. The molecular formula is C38H24N4. The van der Waals surface area contributed by atoms with E-state index in [1.54, 1.807) is 0 Å². The van der Waals surface area contributed by atoms with Crippen molar-refractivity contribution < 1.29 is 0 Å². The van der Waals surface area contributed by atoms with Gasteiger partial charge < -0.3 is 9.47 Å². The predicted octanol–water partition coefficient (Wildman–Crippen LogP) is 8.92. The standard InChI is InChI=1S/C38H24N4/c39-23-25-20-21-36-33(22-25)32-17-9-15-30(37(32)41(36)27-11-2-1-3-12-27)31-16-8-14-29-28-13-5-7-19-35(28)42(38(29)31)34-18-6-4-10-26(34)24-40/h1-22,28,35H. The van der Waals surface area contributed by atoms with E-state index in [2.05, 4.69) is 119 Å². The normalized spacial score (nSPS) is 16.8. The molecular weight excluding hydrogens is 512 g/mol. The first-order valence-corrected chi connectivity index (χ1v) is 14.1. The van der Waals surface area contributed by atoms with Crippen molar-refractivity contribution in [2.45, 2.75) is 12.0 Å². The van der Waals surface area contributed by atoms with E-state index in [1.807, 2.05) is 36.4 Å². The summed E-state index contributed by atoms with van der Waals surface area (Å²) in [7, 11) is 0. The second-order valence-electron chi connectivity index (χ2n) is 10.7. The number of fused-ring (bicyclic) bond motifs is 6. The Kier molecular flexibility index (Phi) is 5.36. The van der Waals surface area contributed by atoms with Crippen molar-refractivity contribution in [2.24, 2.45) is 0 Å². The number of allylic oxidation sites excluding steroid dienone is 2. The second-order valence-corrected chi connectivity index (χ2v) is 10.7. The van der Waals surface area contributed by atoms with E-state index in [0.29, 0.717) is 11.1 Å². The lowest BCUT2D eigenvalue weighted by molar-refractivity contribution is 0.744. The smallest absolute Gasteiger partial charge is 0.101 e. The second kappa shape index (κ2) is 9.37. The Morgan fingerprint density at radius 2 is 1.43 bits per heavy atom. The fourth-order valence-electron chi connectivity index (χ4n) is 6.86. The highest BCUT2D eigenvalue weighted by molar-refractivity contribution is 6.15. The molecule has 2 unspecified atom stereocenters. The molecule has 42 heavy (non-hydrogen) atoms. The Morgan fingerprint density at radius 3 is 2.29 bits per heavy atom. The van der Waals surface area contributed by atoms with Gasteiger partial charge in [0, 0.05) is 33.5 Å². The Bertz CT molecular complexity index is 2190. The van der Waals surface area contributed by atoms with Gasteiger partial charge in [0.15, 0.2) is 0 Å². The highest BCUT2D eigenvalue weighted by Crippen LogP contribution is 2.53. The molecule has 0 amide bonds. The Balaban J connectivity index is 1.49. The van der Waals surface area contributed by atoms with E-state index in [-0.39, 0.29) is 12.0 Å². The molecule has 4 nitrogen and oxygen atoms in total. The molecule has 0 spiro atoms. The molecule has 6 aromatic rings. The van der Waals surface area contributed by atoms with Crippen LogP contribution in [-0.4, -0.2) is 10.6 Å². The molecule has 8 rings (SSSR count). The molecule has 2 heterocycles. The van der Waals surface area contributed by atoms with Gasteiger partial charge in [-0.25, -0.2) is 0 Å². The van der Waals surface area contributed by atoms with Crippen molar-refractivity contribution in [2.75, 3.05) is 4.90 Å². The maximum atomic E-state index is 10.1. The van der Waals surface area contributed by atoms with Crippen molar-refractivity contribution in [1.29, 1.82) is 10.5 Å². The molecule has 2 aliphatic rings. The van der Waals surface area contributed by atoms with Gasteiger partial charge in [0.1, 0.15) is 6.07 Å². The lowest BCUT2D eigenvalue weighted by Gasteiger charge is -2.30. The summed E-state index contributed by atoms with van der Waals surface area (Å²) in [6.45, 7) is 0. The van der Waals surface area contributed by atoms with Gasteiger partial charge in [-0.3, -0.25) is 0 Å². The van der Waals surface area contributed by atoms with Gasteiger partial charge in [-0.2, -0.15) is 10.5 Å². The van der Waals surface area contributed by atoms with Crippen LogP contribution in [0.15, 0.2) is 133 Å². The number of aromatic nitrogens is 1. The maximum Gasteiger partial charge on any atom is 0.101 e. The van der Waals surface area contributed by atoms with Crippen LogP contribution in [0.25, 0.3) is 38.6 Å².